The molecule has 2 amide bonds. The summed E-state index contributed by atoms with van der Waals surface area (Å²) in [5.74, 6) is 2.23. The number of benzene rings is 3. The van der Waals surface area contributed by atoms with Crippen molar-refractivity contribution in [2.45, 2.75) is 72.8 Å². The van der Waals surface area contributed by atoms with Gasteiger partial charge in [-0.3, -0.25) is 9.36 Å². The van der Waals surface area contributed by atoms with Gasteiger partial charge in [0.2, 0.25) is 0 Å². The summed E-state index contributed by atoms with van der Waals surface area (Å²) in [7, 11) is 3.13. The van der Waals surface area contributed by atoms with E-state index in [0.29, 0.717) is 50.8 Å². The lowest BCUT2D eigenvalue weighted by Gasteiger charge is -2.32. The number of carbonyl (C=O) groups excluding carboxylic acids is 1. The number of para-hydroxylation sites is 2. The maximum absolute atomic E-state index is 14.4. The summed E-state index contributed by atoms with van der Waals surface area (Å²) < 4.78 is 13.3. The molecule has 4 aromatic rings. The highest BCUT2D eigenvalue weighted by Crippen LogP contribution is 2.38. The number of nitrogens with one attached hydrogen (secondary N) is 1. The minimum atomic E-state index is -0.584. The number of aromatic nitrogens is 2. The van der Waals surface area contributed by atoms with Gasteiger partial charge in [0, 0.05) is 24.4 Å². The van der Waals surface area contributed by atoms with E-state index in [2.05, 4.69) is 81.0 Å². The number of hydrogen-bond acceptors (Lipinski definition) is 5. The van der Waals surface area contributed by atoms with Crippen LogP contribution in [0.5, 0.6) is 11.5 Å². The summed E-state index contributed by atoms with van der Waals surface area (Å²) in [4.78, 5) is 35.5. The van der Waals surface area contributed by atoms with Gasteiger partial charge in [-0.25, -0.2) is 9.78 Å². The first kappa shape index (κ1) is 34.0. The fraction of sp³-hybridized carbons (Fsp3) is 0.417. The average molecular weight is 678 g/mol. The van der Waals surface area contributed by atoms with Crippen molar-refractivity contribution in [2.24, 2.45) is 5.92 Å². The Labute approximate surface area is 274 Å². The lowest BCUT2D eigenvalue weighted by atomic mass is 9.92. The van der Waals surface area contributed by atoms with Gasteiger partial charge in [-0.1, -0.05) is 71.9 Å². The van der Waals surface area contributed by atoms with Gasteiger partial charge in [0.1, 0.15) is 17.3 Å². The third kappa shape index (κ3) is 7.19. The molecular formula is C36H45BrN4O4. The Hall–Kier alpha value is -3.85. The van der Waals surface area contributed by atoms with Gasteiger partial charge in [0.25, 0.3) is 5.56 Å². The van der Waals surface area contributed by atoms with Crippen molar-refractivity contribution in [2.75, 3.05) is 26.1 Å². The molecule has 3 aromatic carbocycles. The summed E-state index contributed by atoms with van der Waals surface area (Å²) in [5.41, 5.74) is 3.82. The summed E-state index contributed by atoms with van der Waals surface area (Å²) in [6.07, 6.45) is 0.773. The van der Waals surface area contributed by atoms with Crippen molar-refractivity contribution in [1.29, 1.82) is 0 Å². The molecule has 0 saturated carbocycles. The molecule has 9 heteroatoms. The molecule has 0 fully saturated rings. The zero-order valence-electron chi connectivity index (χ0n) is 27.8. The van der Waals surface area contributed by atoms with Gasteiger partial charge in [-0.05, 0) is 70.3 Å². The van der Waals surface area contributed by atoms with Crippen molar-refractivity contribution in [3.8, 4) is 17.2 Å². The lowest BCUT2D eigenvalue weighted by molar-refractivity contribution is 0.185. The van der Waals surface area contributed by atoms with Crippen LogP contribution in [-0.4, -0.2) is 41.2 Å². The molecule has 0 aliphatic carbocycles. The van der Waals surface area contributed by atoms with Gasteiger partial charge in [0.05, 0.1) is 41.3 Å². The van der Waals surface area contributed by atoms with E-state index in [0.717, 1.165) is 23.2 Å². The van der Waals surface area contributed by atoms with E-state index >= 15 is 0 Å². The normalized spacial score (nSPS) is 12.2. The van der Waals surface area contributed by atoms with Crippen LogP contribution in [0.1, 0.15) is 89.7 Å². The van der Waals surface area contributed by atoms with Crippen molar-refractivity contribution >= 4 is 38.6 Å². The van der Waals surface area contributed by atoms with Crippen LogP contribution in [0.2, 0.25) is 0 Å². The Morgan fingerprint density at radius 1 is 0.933 bits per heavy atom. The second-order valence-electron chi connectivity index (χ2n) is 12.4. The Kier molecular flexibility index (Phi) is 11.0. The predicted octanol–water partition coefficient (Wildman–Crippen LogP) is 9.05. The molecule has 1 atom stereocenters. The predicted molar refractivity (Wildman–Crippen MR) is 186 cm³/mol. The summed E-state index contributed by atoms with van der Waals surface area (Å²) in [6, 6.07) is 16.2. The maximum Gasteiger partial charge on any atom is 0.322 e. The molecule has 0 radical (unpaired) electrons. The van der Waals surface area contributed by atoms with Crippen LogP contribution in [0.3, 0.4) is 0 Å². The minimum absolute atomic E-state index is 0.216. The molecule has 240 valence electrons. The van der Waals surface area contributed by atoms with Crippen LogP contribution in [0.4, 0.5) is 10.5 Å². The molecule has 0 bridgehead atoms. The third-order valence-corrected chi connectivity index (χ3v) is 8.94. The van der Waals surface area contributed by atoms with Gasteiger partial charge in [-0.2, -0.15) is 0 Å². The maximum atomic E-state index is 14.4. The van der Waals surface area contributed by atoms with Crippen molar-refractivity contribution < 1.29 is 14.3 Å². The highest BCUT2D eigenvalue weighted by Gasteiger charge is 2.29. The fourth-order valence-corrected chi connectivity index (χ4v) is 6.10. The minimum Gasteiger partial charge on any atom is -0.497 e. The van der Waals surface area contributed by atoms with Crippen molar-refractivity contribution in [1.82, 2.24) is 14.5 Å². The highest BCUT2D eigenvalue weighted by molar-refractivity contribution is 9.10. The van der Waals surface area contributed by atoms with E-state index in [1.54, 1.807) is 41.9 Å². The van der Waals surface area contributed by atoms with E-state index < -0.39 is 6.04 Å². The average Bonchev–Trinajstić information content (AvgIpc) is 3.01. The van der Waals surface area contributed by atoms with Gasteiger partial charge >= 0.3 is 6.03 Å². The number of halogens is 1. The zero-order valence-corrected chi connectivity index (χ0v) is 29.4. The quantitative estimate of drug-likeness (QED) is 0.171. The smallest absolute Gasteiger partial charge is 0.322 e. The number of hydrogen-bond donors (Lipinski definition) is 1. The van der Waals surface area contributed by atoms with Crippen LogP contribution < -0.4 is 20.3 Å². The Balaban J connectivity index is 1.94. The number of methoxy groups -OCH3 is 2. The van der Waals surface area contributed by atoms with E-state index in [4.69, 9.17) is 14.5 Å². The first-order chi connectivity index (χ1) is 21.4. The standard InChI is InChI=1S/C36H45BrN4O4/c1-21(2)17-18-40(36(43)39-33-26(22(3)4)14-12-15-27(33)23(5)6)24(7)34-38-29-16-11-10-13-28(29)35(42)41(34)30-19-25(44-8)20-31(45-9)32(30)37/h10-16,19-24H,17-18H2,1-9H3,(H,39,43). The van der Waals surface area contributed by atoms with Crippen molar-refractivity contribution in [3.05, 3.63) is 86.4 Å². The molecule has 0 aliphatic rings. The molecule has 1 unspecified atom stereocenters. The summed E-state index contributed by atoms with van der Waals surface area (Å²) in [5, 5.41) is 3.76. The lowest BCUT2D eigenvalue weighted by Crippen LogP contribution is -2.41. The molecular weight excluding hydrogens is 632 g/mol. The monoisotopic (exact) mass is 676 g/mol. The largest absolute Gasteiger partial charge is 0.497 e. The first-order valence-electron chi connectivity index (χ1n) is 15.5. The Morgan fingerprint density at radius 2 is 1.58 bits per heavy atom. The van der Waals surface area contributed by atoms with Crippen LogP contribution >= 0.6 is 15.9 Å². The van der Waals surface area contributed by atoms with E-state index in [1.165, 1.54) is 0 Å². The molecule has 1 heterocycles. The number of fused-ring (bicyclic) bond motifs is 1. The number of anilines is 1. The van der Waals surface area contributed by atoms with Crippen LogP contribution in [-0.2, 0) is 0 Å². The van der Waals surface area contributed by atoms with Crippen LogP contribution in [0, 0.1) is 5.92 Å². The fourth-order valence-electron chi connectivity index (χ4n) is 5.53. The number of ether oxygens (including phenoxy) is 2. The first-order valence-corrected chi connectivity index (χ1v) is 16.3. The molecule has 4 rings (SSSR count). The van der Waals surface area contributed by atoms with E-state index in [9.17, 15) is 9.59 Å². The molecule has 0 saturated heterocycles. The molecule has 0 spiro atoms. The molecule has 0 aliphatic heterocycles. The molecule has 1 aromatic heterocycles. The Morgan fingerprint density at radius 3 is 2.16 bits per heavy atom. The number of nitrogens with zero attached hydrogens (tertiary/aromatic N) is 3. The van der Waals surface area contributed by atoms with E-state index in [1.807, 2.05) is 25.1 Å². The second kappa shape index (κ2) is 14.5. The number of amides is 2. The van der Waals surface area contributed by atoms with E-state index in [-0.39, 0.29) is 23.4 Å². The van der Waals surface area contributed by atoms with Gasteiger partial charge < -0.3 is 19.7 Å². The number of urea groups is 1. The van der Waals surface area contributed by atoms with Gasteiger partial charge in [-0.15, -0.1) is 0 Å². The summed E-state index contributed by atoms with van der Waals surface area (Å²) in [6.45, 7) is 15.2. The third-order valence-electron chi connectivity index (χ3n) is 8.15. The zero-order chi connectivity index (χ0) is 33.0. The Bertz CT molecular complexity index is 1700. The molecule has 45 heavy (non-hydrogen) atoms. The van der Waals surface area contributed by atoms with Crippen molar-refractivity contribution in [3.63, 3.8) is 0 Å². The molecule has 8 nitrogen and oxygen atoms in total. The van der Waals surface area contributed by atoms with Crippen LogP contribution in [0.15, 0.2) is 63.9 Å². The van der Waals surface area contributed by atoms with Crippen LogP contribution in [0.25, 0.3) is 16.6 Å². The highest BCUT2D eigenvalue weighted by atomic mass is 79.9. The second-order valence-corrected chi connectivity index (χ2v) is 13.2. The topological polar surface area (TPSA) is 85.7 Å². The molecule has 1 N–H and O–H groups in total. The van der Waals surface area contributed by atoms with Gasteiger partial charge in [0.15, 0.2) is 0 Å². The SMILES string of the molecule is COc1cc(OC)c(Br)c(-n2c(C(C)N(CCC(C)C)C(=O)Nc3c(C(C)C)cccc3C(C)C)nc3ccccc3c2=O)c1. The number of carbonyl (C=O) groups is 1. The number of rotatable bonds is 11. The summed E-state index contributed by atoms with van der Waals surface area (Å²) >= 11 is 3.67.